The van der Waals surface area contributed by atoms with Crippen LogP contribution in [0.25, 0.3) is 0 Å². The lowest BCUT2D eigenvalue weighted by Crippen LogP contribution is -2.35. The highest BCUT2D eigenvalue weighted by molar-refractivity contribution is 5.30. The largest absolute Gasteiger partial charge is 0.329 e. The molecule has 1 saturated carbocycles. The monoisotopic (exact) mass is 208 g/mol. The molecular weight excluding hydrogens is 191 g/mol. The van der Waals surface area contributed by atoms with E-state index < -0.39 is 0 Å². The van der Waals surface area contributed by atoms with Gasteiger partial charge in [-0.3, -0.25) is 4.90 Å². The number of hydrogen-bond acceptors (Lipinski definition) is 2. The fraction of sp³-hybridized carbons (Fsp3) is 0.500. The van der Waals surface area contributed by atoms with Gasteiger partial charge in [-0.05, 0) is 37.6 Å². The summed E-state index contributed by atoms with van der Waals surface area (Å²) in [5.41, 5.74) is 6.69. The number of nitrogens with zero attached hydrogens (tertiary/aromatic N) is 1. The first kappa shape index (κ1) is 10.6. The van der Waals surface area contributed by atoms with Crippen LogP contribution in [0.4, 0.5) is 4.39 Å². The zero-order valence-corrected chi connectivity index (χ0v) is 9.04. The van der Waals surface area contributed by atoms with Gasteiger partial charge in [0, 0.05) is 18.6 Å². The number of halogens is 1. The molecule has 3 heteroatoms. The van der Waals surface area contributed by atoms with Crippen molar-refractivity contribution in [3.05, 3.63) is 35.6 Å². The first-order valence-electron chi connectivity index (χ1n) is 5.36. The Bertz CT molecular complexity index is 347. The minimum absolute atomic E-state index is 0.0570. The van der Waals surface area contributed by atoms with Crippen molar-refractivity contribution in [2.24, 2.45) is 5.73 Å². The average Bonchev–Trinajstić information content (AvgIpc) is 2.99. The van der Waals surface area contributed by atoms with Gasteiger partial charge in [0.25, 0.3) is 0 Å². The van der Waals surface area contributed by atoms with E-state index in [1.165, 1.54) is 6.07 Å². The van der Waals surface area contributed by atoms with Crippen LogP contribution in [0.3, 0.4) is 0 Å². The molecule has 1 aromatic rings. The maximum absolute atomic E-state index is 13.1. The van der Waals surface area contributed by atoms with Gasteiger partial charge < -0.3 is 5.73 Å². The summed E-state index contributed by atoms with van der Waals surface area (Å²) >= 11 is 0. The Labute approximate surface area is 89.9 Å². The van der Waals surface area contributed by atoms with Gasteiger partial charge in [-0.25, -0.2) is 4.39 Å². The molecule has 1 fully saturated rings. The van der Waals surface area contributed by atoms with Crippen LogP contribution in [0.1, 0.15) is 18.4 Å². The van der Waals surface area contributed by atoms with E-state index in [0.29, 0.717) is 6.54 Å². The summed E-state index contributed by atoms with van der Waals surface area (Å²) in [6, 6.07) is 6.91. The molecule has 0 amide bonds. The molecule has 0 unspecified atom stereocenters. The Kier molecular flexibility index (Phi) is 2.76. The van der Waals surface area contributed by atoms with E-state index >= 15 is 0 Å². The molecule has 0 saturated heterocycles. The van der Waals surface area contributed by atoms with Crippen molar-refractivity contribution >= 4 is 0 Å². The zero-order valence-electron chi connectivity index (χ0n) is 9.04. The molecular formula is C12H17FN2. The molecule has 0 radical (unpaired) electrons. The predicted octanol–water partition coefficient (Wildman–Crippen LogP) is 1.71. The van der Waals surface area contributed by atoms with Crippen molar-refractivity contribution in [3.63, 3.8) is 0 Å². The van der Waals surface area contributed by atoms with Gasteiger partial charge in [0.15, 0.2) is 0 Å². The summed E-state index contributed by atoms with van der Waals surface area (Å²) in [6.07, 6.45) is 2.21. The highest BCUT2D eigenvalue weighted by atomic mass is 19.1. The summed E-state index contributed by atoms with van der Waals surface area (Å²) in [5, 5.41) is 0. The van der Waals surface area contributed by atoms with Gasteiger partial charge in [-0.1, -0.05) is 12.1 Å². The second-order valence-electron chi connectivity index (χ2n) is 4.25. The molecule has 2 rings (SSSR count). The van der Waals surface area contributed by atoms with Crippen molar-refractivity contribution in [1.82, 2.24) is 4.90 Å². The molecule has 82 valence electrons. The van der Waals surface area contributed by atoms with Crippen molar-refractivity contribution in [2.75, 3.05) is 20.1 Å². The van der Waals surface area contributed by atoms with E-state index in [-0.39, 0.29) is 11.4 Å². The van der Waals surface area contributed by atoms with Gasteiger partial charge in [0.2, 0.25) is 0 Å². The fourth-order valence-corrected chi connectivity index (χ4v) is 2.19. The third-order valence-electron chi connectivity index (χ3n) is 3.28. The Morgan fingerprint density at radius 1 is 1.47 bits per heavy atom. The highest BCUT2D eigenvalue weighted by Gasteiger charge is 2.47. The van der Waals surface area contributed by atoms with Gasteiger partial charge in [-0.2, -0.15) is 0 Å². The lowest BCUT2D eigenvalue weighted by Gasteiger charge is -2.28. The number of likely N-dealkylation sites (N-methyl/N-ethyl adjacent to an activating group) is 1. The van der Waals surface area contributed by atoms with Gasteiger partial charge >= 0.3 is 0 Å². The Morgan fingerprint density at radius 2 is 2.20 bits per heavy atom. The summed E-state index contributed by atoms with van der Waals surface area (Å²) < 4.78 is 13.1. The number of nitrogens with two attached hydrogens (primary N) is 1. The maximum Gasteiger partial charge on any atom is 0.123 e. The predicted molar refractivity (Wildman–Crippen MR) is 59.0 cm³/mol. The van der Waals surface area contributed by atoms with Crippen LogP contribution < -0.4 is 5.73 Å². The summed E-state index contributed by atoms with van der Waals surface area (Å²) in [4.78, 5) is 2.24. The van der Waals surface area contributed by atoms with Crippen LogP contribution >= 0.6 is 0 Å². The molecule has 0 bridgehead atoms. The fourth-order valence-electron chi connectivity index (χ4n) is 2.19. The summed E-state index contributed by atoms with van der Waals surface area (Å²) in [5.74, 6) is -0.153. The van der Waals surface area contributed by atoms with Crippen LogP contribution in [0.5, 0.6) is 0 Å². The second kappa shape index (κ2) is 3.91. The van der Waals surface area contributed by atoms with Crippen LogP contribution in [0, 0.1) is 5.82 Å². The lowest BCUT2D eigenvalue weighted by molar-refractivity contribution is 0.228. The third-order valence-corrected chi connectivity index (χ3v) is 3.28. The SMILES string of the molecule is CN(CCN)C1(c2cccc(F)c2)CC1. The number of benzene rings is 1. The molecule has 0 heterocycles. The molecule has 0 aliphatic heterocycles. The van der Waals surface area contributed by atoms with Gasteiger partial charge in [0.1, 0.15) is 5.82 Å². The zero-order chi connectivity index (χ0) is 10.9. The minimum atomic E-state index is -0.153. The van der Waals surface area contributed by atoms with Crippen molar-refractivity contribution in [2.45, 2.75) is 18.4 Å². The smallest absolute Gasteiger partial charge is 0.123 e. The molecule has 0 atom stereocenters. The van der Waals surface area contributed by atoms with E-state index in [1.807, 2.05) is 6.07 Å². The number of rotatable bonds is 4. The standard InChI is InChI=1S/C12H17FN2/c1-15(8-7-14)12(5-6-12)10-3-2-4-11(13)9-10/h2-4,9H,5-8,14H2,1H3. The first-order valence-corrected chi connectivity index (χ1v) is 5.36. The quantitative estimate of drug-likeness (QED) is 0.816. The Hall–Kier alpha value is -0.930. The Morgan fingerprint density at radius 3 is 2.73 bits per heavy atom. The molecule has 2 nitrogen and oxygen atoms in total. The van der Waals surface area contributed by atoms with Crippen molar-refractivity contribution in [3.8, 4) is 0 Å². The molecule has 15 heavy (non-hydrogen) atoms. The van der Waals surface area contributed by atoms with Crippen LogP contribution in [-0.2, 0) is 5.54 Å². The highest BCUT2D eigenvalue weighted by Crippen LogP contribution is 2.50. The summed E-state index contributed by atoms with van der Waals surface area (Å²) in [7, 11) is 2.06. The molecule has 2 N–H and O–H groups in total. The molecule has 1 aliphatic carbocycles. The molecule has 0 spiro atoms. The van der Waals surface area contributed by atoms with E-state index in [9.17, 15) is 4.39 Å². The average molecular weight is 208 g/mol. The normalized spacial score (nSPS) is 18.1. The van der Waals surface area contributed by atoms with E-state index in [0.717, 1.165) is 24.9 Å². The van der Waals surface area contributed by atoms with Gasteiger partial charge in [0.05, 0.1) is 0 Å². The first-order chi connectivity index (χ1) is 7.19. The number of hydrogen-bond donors (Lipinski definition) is 1. The minimum Gasteiger partial charge on any atom is -0.329 e. The van der Waals surface area contributed by atoms with Crippen LogP contribution in [0.15, 0.2) is 24.3 Å². The summed E-state index contributed by atoms with van der Waals surface area (Å²) in [6.45, 7) is 1.50. The van der Waals surface area contributed by atoms with Gasteiger partial charge in [-0.15, -0.1) is 0 Å². The maximum atomic E-state index is 13.1. The van der Waals surface area contributed by atoms with E-state index in [1.54, 1.807) is 12.1 Å². The van der Waals surface area contributed by atoms with Crippen LogP contribution in [0.2, 0.25) is 0 Å². The van der Waals surface area contributed by atoms with E-state index in [2.05, 4.69) is 11.9 Å². The van der Waals surface area contributed by atoms with Crippen molar-refractivity contribution < 1.29 is 4.39 Å². The molecule has 1 aliphatic rings. The third kappa shape index (κ3) is 1.90. The van der Waals surface area contributed by atoms with Crippen molar-refractivity contribution in [1.29, 1.82) is 0 Å². The molecule has 0 aromatic heterocycles. The van der Waals surface area contributed by atoms with E-state index in [4.69, 9.17) is 5.73 Å². The lowest BCUT2D eigenvalue weighted by atomic mass is 10.0. The Balaban J connectivity index is 2.22. The molecule has 1 aromatic carbocycles. The van der Waals surface area contributed by atoms with Crippen LogP contribution in [-0.4, -0.2) is 25.0 Å². The topological polar surface area (TPSA) is 29.3 Å². The second-order valence-corrected chi connectivity index (χ2v) is 4.25.